The molecule has 3 unspecified atom stereocenters. The van der Waals surface area contributed by atoms with Crippen molar-refractivity contribution in [1.29, 1.82) is 0 Å². The van der Waals surface area contributed by atoms with Crippen LogP contribution in [0.15, 0.2) is 0 Å². The Kier molecular flexibility index (Phi) is 4.62. The maximum atomic E-state index is 12.2. The third kappa shape index (κ3) is 3.63. The minimum absolute atomic E-state index is 0.172. The molecule has 96 valence electrons. The van der Waals surface area contributed by atoms with E-state index in [1.165, 1.54) is 0 Å². The average Bonchev–Trinajstić information content (AvgIpc) is 2.16. The lowest BCUT2D eigenvalue weighted by atomic mass is 9.85. The second-order valence-corrected chi connectivity index (χ2v) is 4.83. The number of alkyl halides is 3. The van der Waals surface area contributed by atoms with E-state index in [1.54, 1.807) is 11.9 Å². The summed E-state index contributed by atoms with van der Waals surface area (Å²) in [5.41, 5.74) is 0. The van der Waals surface area contributed by atoms with E-state index in [0.29, 0.717) is 5.92 Å². The Morgan fingerprint density at radius 1 is 1.31 bits per heavy atom. The van der Waals surface area contributed by atoms with Crippen LogP contribution >= 0.6 is 0 Å². The molecule has 0 radical (unpaired) electrons. The normalized spacial score (nSPS) is 29.4. The highest BCUT2D eigenvalue weighted by Crippen LogP contribution is 2.28. The van der Waals surface area contributed by atoms with Crippen molar-refractivity contribution in [2.45, 2.75) is 50.9 Å². The van der Waals surface area contributed by atoms with Gasteiger partial charge in [0.15, 0.2) is 6.10 Å². The van der Waals surface area contributed by atoms with Crippen LogP contribution < -0.4 is 0 Å². The van der Waals surface area contributed by atoms with Crippen LogP contribution in [0.5, 0.6) is 0 Å². The number of halogens is 3. The minimum atomic E-state index is -4.51. The van der Waals surface area contributed by atoms with Gasteiger partial charge in [0.2, 0.25) is 0 Å². The van der Waals surface area contributed by atoms with Gasteiger partial charge >= 0.3 is 6.18 Å². The topological polar surface area (TPSA) is 23.5 Å². The SMILES string of the molecule is CC1CCCCC1N(C)CC(O)C(F)(F)F. The number of rotatable bonds is 3. The second-order valence-electron chi connectivity index (χ2n) is 4.83. The van der Waals surface area contributed by atoms with Crippen LogP contribution in [0, 0.1) is 5.92 Å². The molecule has 1 saturated carbocycles. The second kappa shape index (κ2) is 5.36. The Balaban J connectivity index is 2.47. The molecule has 1 N–H and O–H groups in total. The van der Waals surface area contributed by atoms with Gasteiger partial charge in [-0.3, -0.25) is 0 Å². The van der Waals surface area contributed by atoms with Crippen molar-refractivity contribution >= 4 is 0 Å². The van der Waals surface area contributed by atoms with E-state index < -0.39 is 12.3 Å². The predicted octanol–water partition coefficient (Wildman–Crippen LogP) is 2.42. The first-order valence-corrected chi connectivity index (χ1v) is 5.77. The van der Waals surface area contributed by atoms with Crippen LogP contribution in [0.2, 0.25) is 0 Å². The van der Waals surface area contributed by atoms with Gasteiger partial charge in [-0.1, -0.05) is 19.8 Å². The summed E-state index contributed by atoms with van der Waals surface area (Å²) in [6.07, 6.45) is -2.51. The van der Waals surface area contributed by atoms with E-state index in [9.17, 15) is 13.2 Å². The van der Waals surface area contributed by atoms with Crippen molar-refractivity contribution in [1.82, 2.24) is 4.90 Å². The number of hydrogen-bond donors (Lipinski definition) is 1. The van der Waals surface area contributed by atoms with E-state index >= 15 is 0 Å². The van der Waals surface area contributed by atoms with Crippen LogP contribution in [0.3, 0.4) is 0 Å². The van der Waals surface area contributed by atoms with Crippen molar-refractivity contribution in [3.8, 4) is 0 Å². The molecule has 5 heteroatoms. The molecule has 1 aliphatic rings. The zero-order valence-corrected chi connectivity index (χ0v) is 9.80. The number of aliphatic hydroxyl groups excluding tert-OH is 1. The summed E-state index contributed by atoms with van der Waals surface area (Å²) in [6.45, 7) is 1.75. The molecule has 0 bridgehead atoms. The maximum absolute atomic E-state index is 12.2. The Morgan fingerprint density at radius 3 is 2.38 bits per heavy atom. The fourth-order valence-electron chi connectivity index (χ4n) is 2.46. The zero-order chi connectivity index (χ0) is 12.3. The van der Waals surface area contributed by atoms with E-state index in [2.05, 4.69) is 6.92 Å². The molecule has 0 saturated heterocycles. The first-order valence-electron chi connectivity index (χ1n) is 5.77. The van der Waals surface area contributed by atoms with Crippen molar-refractivity contribution < 1.29 is 18.3 Å². The summed E-state index contributed by atoms with van der Waals surface area (Å²) in [5, 5.41) is 9.01. The summed E-state index contributed by atoms with van der Waals surface area (Å²) in [4.78, 5) is 1.65. The maximum Gasteiger partial charge on any atom is 0.415 e. The Bertz CT molecular complexity index is 220. The quantitative estimate of drug-likeness (QED) is 0.817. The molecule has 0 aromatic carbocycles. The Morgan fingerprint density at radius 2 is 1.88 bits per heavy atom. The molecule has 0 heterocycles. The van der Waals surface area contributed by atoms with Crippen molar-refractivity contribution in [2.75, 3.05) is 13.6 Å². The van der Waals surface area contributed by atoms with Crippen LogP contribution in [0.4, 0.5) is 13.2 Å². The smallest absolute Gasteiger partial charge is 0.382 e. The molecule has 2 nitrogen and oxygen atoms in total. The lowest BCUT2D eigenvalue weighted by Gasteiger charge is -2.37. The molecule has 16 heavy (non-hydrogen) atoms. The molecule has 0 aromatic rings. The van der Waals surface area contributed by atoms with Gasteiger partial charge in [0.05, 0.1) is 0 Å². The molecule has 3 atom stereocenters. The van der Waals surface area contributed by atoms with Gasteiger partial charge in [0, 0.05) is 12.6 Å². The molecular weight excluding hydrogens is 219 g/mol. The zero-order valence-electron chi connectivity index (χ0n) is 9.80. The van der Waals surface area contributed by atoms with E-state index in [1.807, 2.05) is 0 Å². The van der Waals surface area contributed by atoms with Gasteiger partial charge in [0.25, 0.3) is 0 Å². The summed E-state index contributed by atoms with van der Waals surface area (Å²) < 4.78 is 36.6. The summed E-state index contributed by atoms with van der Waals surface area (Å²) in [5.74, 6) is 0.416. The summed E-state index contributed by atoms with van der Waals surface area (Å²) >= 11 is 0. The van der Waals surface area contributed by atoms with Gasteiger partial charge in [0.1, 0.15) is 0 Å². The van der Waals surface area contributed by atoms with Crippen molar-refractivity contribution in [3.05, 3.63) is 0 Å². The fraction of sp³-hybridized carbons (Fsp3) is 1.00. The molecular formula is C11H20F3NO. The Labute approximate surface area is 94.4 Å². The van der Waals surface area contributed by atoms with Crippen LogP contribution in [-0.4, -0.2) is 41.9 Å². The number of aliphatic hydroxyl groups is 1. The number of hydrogen-bond acceptors (Lipinski definition) is 2. The molecule has 0 spiro atoms. The van der Waals surface area contributed by atoms with Crippen molar-refractivity contribution in [3.63, 3.8) is 0 Å². The van der Waals surface area contributed by atoms with Crippen LogP contribution in [-0.2, 0) is 0 Å². The highest BCUT2D eigenvalue weighted by Gasteiger charge is 2.40. The molecule has 0 aromatic heterocycles. The van der Waals surface area contributed by atoms with Crippen LogP contribution in [0.1, 0.15) is 32.6 Å². The van der Waals surface area contributed by atoms with Crippen LogP contribution in [0.25, 0.3) is 0 Å². The highest BCUT2D eigenvalue weighted by molar-refractivity contribution is 4.81. The van der Waals surface area contributed by atoms with E-state index in [4.69, 9.17) is 5.11 Å². The van der Waals surface area contributed by atoms with Crippen molar-refractivity contribution in [2.24, 2.45) is 5.92 Å². The van der Waals surface area contributed by atoms with Gasteiger partial charge < -0.3 is 10.0 Å². The standard InChI is InChI=1S/C11H20F3NO/c1-8-5-3-4-6-9(8)15(2)7-10(16)11(12,13)14/h8-10,16H,3-7H2,1-2H3. The molecule has 0 aliphatic heterocycles. The average molecular weight is 239 g/mol. The van der Waals surface area contributed by atoms with Gasteiger partial charge in [-0.25, -0.2) is 0 Å². The molecule has 1 aliphatic carbocycles. The highest BCUT2D eigenvalue weighted by atomic mass is 19.4. The predicted molar refractivity (Wildman–Crippen MR) is 56.1 cm³/mol. The minimum Gasteiger partial charge on any atom is -0.382 e. The molecule has 0 amide bonds. The number of likely N-dealkylation sites (N-methyl/N-ethyl adjacent to an activating group) is 1. The fourth-order valence-corrected chi connectivity index (χ4v) is 2.46. The van der Waals surface area contributed by atoms with E-state index in [-0.39, 0.29) is 12.6 Å². The Hall–Kier alpha value is -0.290. The van der Waals surface area contributed by atoms with Gasteiger partial charge in [-0.2, -0.15) is 13.2 Å². The monoisotopic (exact) mass is 239 g/mol. The number of nitrogens with zero attached hydrogens (tertiary/aromatic N) is 1. The van der Waals surface area contributed by atoms with Gasteiger partial charge in [-0.15, -0.1) is 0 Å². The third-order valence-electron chi connectivity index (χ3n) is 3.47. The van der Waals surface area contributed by atoms with Gasteiger partial charge in [-0.05, 0) is 25.8 Å². The summed E-state index contributed by atoms with van der Waals surface area (Å²) in [7, 11) is 1.67. The summed E-state index contributed by atoms with van der Waals surface area (Å²) in [6, 6.07) is 0.172. The molecule has 1 rings (SSSR count). The van der Waals surface area contributed by atoms with E-state index in [0.717, 1.165) is 25.7 Å². The lowest BCUT2D eigenvalue weighted by Crippen LogP contribution is -2.46. The first-order chi connectivity index (χ1) is 7.32. The third-order valence-corrected chi connectivity index (χ3v) is 3.47. The lowest BCUT2D eigenvalue weighted by molar-refractivity contribution is -0.209. The largest absolute Gasteiger partial charge is 0.415 e. The molecule has 1 fully saturated rings. The first kappa shape index (κ1) is 13.8.